The minimum atomic E-state index is -0.915. The molecule has 28 heavy (non-hydrogen) atoms. The van der Waals surface area contributed by atoms with Gasteiger partial charge in [0.15, 0.2) is 0 Å². The zero-order valence-electron chi connectivity index (χ0n) is 15.9. The summed E-state index contributed by atoms with van der Waals surface area (Å²) in [6, 6.07) is 9.93. The van der Waals surface area contributed by atoms with Crippen LogP contribution in [0.3, 0.4) is 0 Å². The third-order valence-electron chi connectivity index (χ3n) is 7.42. The Bertz CT molecular complexity index is 946. The van der Waals surface area contributed by atoms with Gasteiger partial charge in [0.2, 0.25) is 5.91 Å². The third kappa shape index (κ3) is 2.53. The van der Waals surface area contributed by atoms with Gasteiger partial charge in [-0.3, -0.25) is 9.00 Å². The molecule has 1 unspecified atom stereocenters. The predicted molar refractivity (Wildman–Crippen MR) is 108 cm³/mol. The van der Waals surface area contributed by atoms with Gasteiger partial charge in [-0.15, -0.1) is 0 Å². The Morgan fingerprint density at radius 1 is 1.04 bits per heavy atom. The number of hydrogen-bond acceptors (Lipinski definition) is 3. The number of carbonyl (C=O) groups is 1. The van der Waals surface area contributed by atoms with E-state index in [0.717, 1.165) is 59.8 Å². The molecule has 6 heteroatoms. The van der Waals surface area contributed by atoms with Gasteiger partial charge in [-0.25, -0.2) is 4.68 Å². The highest BCUT2D eigenvalue weighted by Gasteiger charge is 2.54. The molecule has 2 aromatic rings. The van der Waals surface area contributed by atoms with Crippen LogP contribution < -0.4 is 5.32 Å². The lowest BCUT2D eigenvalue weighted by Gasteiger charge is -2.55. The monoisotopic (exact) mass is 395 g/mol. The molecule has 1 atom stereocenters. The summed E-state index contributed by atoms with van der Waals surface area (Å²) in [4.78, 5) is 13.6. The number of nitrogens with zero attached hydrogens (tertiary/aromatic N) is 2. The van der Waals surface area contributed by atoms with Crippen LogP contribution in [-0.4, -0.2) is 19.9 Å². The van der Waals surface area contributed by atoms with E-state index in [4.69, 9.17) is 5.10 Å². The Hall–Kier alpha value is -1.95. The predicted octanol–water partition coefficient (Wildman–Crippen LogP) is 3.79. The van der Waals surface area contributed by atoms with Gasteiger partial charge < -0.3 is 5.32 Å². The van der Waals surface area contributed by atoms with Gasteiger partial charge in [-0.2, -0.15) is 5.10 Å². The number of nitrogens with one attached hydrogen (secondary N) is 1. The number of fused-ring (bicyclic) bond motifs is 1. The minimum Gasteiger partial charge on any atom is -0.310 e. The maximum atomic E-state index is 13.6. The SMILES string of the molecule is O=C(Nc1c2c(nn1-c1ccccc1)CS(=O)C2)C12CC3CC(CC(C3)C1)C2. The average molecular weight is 396 g/mol. The Kier molecular flexibility index (Phi) is 3.65. The first-order chi connectivity index (χ1) is 13.6. The average Bonchev–Trinajstić information content (AvgIpc) is 3.18. The number of aromatic nitrogens is 2. The first-order valence-corrected chi connectivity index (χ1v) is 11.9. The first-order valence-electron chi connectivity index (χ1n) is 10.4. The molecule has 1 aromatic heterocycles. The fourth-order valence-electron chi connectivity index (χ4n) is 6.64. The van der Waals surface area contributed by atoms with E-state index >= 15 is 0 Å². The largest absolute Gasteiger partial charge is 0.310 e. The fraction of sp³-hybridized carbons (Fsp3) is 0.545. The second-order valence-electron chi connectivity index (χ2n) is 9.40. The van der Waals surface area contributed by atoms with Crippen molar-refractivity contribution < 1.29 is 9.00 Å². The van der Waals surface area contributed by atoms with Crippen LogP contribution in [0.2, 0.25) is 0 Å². The Morgan fingerprint density at radius 2 is 1.68 bits per heavy atom. The van der Waals surface area contributed by atoms with E-state index in [-0.39, 0.29) is 11.3 Å². The van der Waals surface area contributed by atoms with E-state index in [1.807, 2.05) is 35.0 Å². The molecule has 1 amide bonds. The van der Waals surface area contributed by atoms with Gasteiger partial charge in [0.05, 0.1) is 28.3 Å². The molecule has 0 spiro atoms. The summed E-state index contributed by atoms with van der Waals surface area (Å²) >= 11 is 0. The summed E-state index contributed by atoms with van der Waals surface area (Å²) in [5.74, 6) is 4.07. The number of para-hydroxylation sites is 1. The molecule has 146 valence electrons. The first kappa shape index (κ1) is 17.0. The van der Waals surface area contributed by atoms with Crippen molar-refractivity contribution in [1.82, 2.24) is 9.78 Å². The van der Waals surface area contributed by atoms with E-state index in [2.05, 4.69) is 5.32 Å². The molecule has 5 nitrogen and oxygen atoms in total. The van der Waals surface area contributed by atoms with Gasteiger partial charge >= 0.3 is 0 Å². The summed E-state index contributed by atoms with van der Waals surface area (Å²) in [7, 11) is -0.915. The lowest BCUT2D eigenvalue weighted by atomic mass is 9.49. The van der Waals surface area contributed by atoms with Gasteiger partial charge in [0.1, 0.15) is 5.82 Å². The molecule has 7 rings (SSSR count). The van der Waals surface area contributed by atoms with Crippen molar-refractivity contribution in [3.63, 3.8) is 0 Å². The highest BCUT2D eigenvalue weighted by molar-refractivity contribution is 7.83. The van der Waals surface area contributed by atoms with E-state index in [0.29, 0.717) is 11.5 Å². The number of rotatable bonds is 3. The van der Waals surface area contributed by atoms with Crippen molar-refractivity contribution >= 4 is 22.5 Å². The molecule has 2 heterocycles. The number of benzene rings is 1. The van der Waals surface area contributed by atoms with E-state index < -0.39 is 10.8 Å². The van der Waals surface area contributed by atoms with Crippen LogP contribution in [0.1, 0.15) is 49.8 Å². The van der Waals surface area contributed by atoms with Crippen LogP contribution in [0.4, 0.5) is 5.82 Å². The molecule has 1 N–H and O–H groups in total. The van der Waals surface area contributed by atoms with Crippen molar-refractivity contribution in [1.29, 1.82) is 0 Å². The van der Waals surface area contributed by atoms with Crippen molar-refractivity contribution in [3.05, 3.63) is 41.6 Å². The maximum absolute atomic E-state index is 13.6. The molecule has 0 radical (unpaired) electrons. The third-order valence-corrected chi connectivity index (χ3v) is 8.63. The number of carbonyl (C=O) groups excluding carboxylic acids is 1. The van der Waals surface area contributed by atoms with Crippen molar-refractivity contribution in [3.8, 4) is 5.69 Å². The lowest BCUT2D eigenvalue weighted by Crippen LogP contribution is -2.52. The molecule has 4 aliphatic carbocycles. The molecule has 4 bridgehead atoms. The van der Waals surface area contributed by atoms with Gasteiger partial charge in [0, 0.05) is 16.4 Å². The van der Waals surface area contributed by atoms with Gasteiger partial charge in [-0.05, 0) is 68.4 Å². The molecule has 4 saturated carbocycles. The molecular weight excluding hydrogens is 370 g/mol. The van der Waals surface area contributed by atoms with Crippen LogP contribution in [0.15, 0.2) is 30.3 Å². The number of anilines is 1. The number of hydrogen-bond donors (Lipinski definition) is 1. The van der Waals surface area contributed by atoms with E-state index in [9.17, 15) is 9.00 Å². The van der Waals surface area contributed by atoms with Crippen LogP contribution >= 0.6 is 0 Å². The molecule has 0 saturated heterocycles. The summed E-state index contributed by atoms with van der Waals surface area (Å²) in [5, 5.41) is 8.01. The molecule has 1 aromatic carbocycles. The lowest BCUT2D eigenvalue weighted by molar-refractivity contribution is -0.140. The van der Waals surface area contributed by atoms with E-state index in [1.165, 1.54) is 19.3 Å². The van der Waals surface area contributed by atoms with Crippen LogP contribution in [0.5, 0.6) is 0 Å². The summed E-state index contributed by atoms with van der Waals surface area (Å²) in [6.07, 6.45) is 7.09. The van der Waals surface area contributed by atoms with Crippen LogP contribution in [0, 0.1) is 23.2 Å². The second-order valence-corrected chi connectivity index (χ2v) is 10.9. The van der Waals surface area contributed by atoms with Crippen molar-refractivity contribution in [2.24, 2.45) is 23.2 Å². The topological polar surface area (TPSA) is 64.0 Å². The minimum absolute atomic E-state index is 0.171. The van der Waals surface area contributed by atoms with Gasteiger partial charge in [0.25, 0.3) is 0 Å². The van der Waals surface area contributed by atoms with E-state index in [1.54, 1.807) is 0 Å². The van der Waals surface area contributed by atoms with Crippen LogP contribution in [0.25, 0.3) is 5.69 Å². The Morgan fingerprint density at radius 3 is 2.32 bits per heavy atom. The fourth-order valence-corrected chi connectivity index (χ4v) is 7.91. The smallest absolute Gasteiger partial charge is 0.231 e. The molecule has 5 aliphatic rings. The number of amides is 1. The zero-order valence-corrected chi connectivity index (χ0v) is 16.7. The van der Waals surface area contributed by atoms with Crippen LogP contribution in [-0.2, 0) is 27.1 Å². The summed E-state index contributed by atoms with van der Waals surface area (Å²) < 4.78 is 14.0. The highest BCUT2D eigenvalue weighted by Crippen LogP contribution is 2.60. The quantitative estimate of drug-likeness (QED) is 0.860. The maximum Gasteiger partial charge on any atom is 0.231 e. The Balaban J connectivity index is 1.37. The Labute approximate surface area is 167 Å². The molecular formula is C22H25N3O2S. The van der Waals surface area contributed by atoms with Crippen molar-refractivity contribution in [2.45, 2.75) is 50.0 Å². The van der Waals surface area contributed by atoms with Gasteiger partial charge in [-0.1, -0.05) is 18.2 Å². The normalized spacial score (nSPS) is 35.1. The highest BCUT2D eigenvalue weighted by atomic mass is 32.2. The second kappa shape index (κ2) is 6.02. The summed E-state index contributed by atoms with van der Waals surface area (Å²) in [6.45, 7) is 0. The molecule has 1 aliphatic heterocycles. The van der Waals surface area contributed by atoms with Crippen molar-refractivity contribution in [2.75, 3.05) is 5.32 Å². The zero-order chi connectivity index (χ0) is 18.9. The standard InChI is InChI=1S/C22H25N3O2S/c26-21(22-9-14-6-15(10-22)8-16(7-14)11-22)23-20-18-12-28(27)13-19(18)24-25(20)17-4-2-1-3-5-17/h1-5,14-16H,6-13H2,(H,23,26). The molecule has 4 fully saturated rings. The summed E-state index contributed by atoms with van der Waals surface area (Å²) in [5.41, 5.74) is 2.55.